The van der Waals surface area contributed by atoms with Crippen LogP contribution in [0.1, 0.15) is 52.9 Å². The molecule has 0 spiro atoms. The van der Waals surface area contributed by atoms with Gasteiger partial charge >= 0.3 is 0 Å². The lowest BCUT2D eigenvalue weighted by atomic mass is 9.96. The van der Waals surface area contributed by atoms with E-state index >= 15 is 0 Å². The molecule has 0 bridgehead atoms. The summed E-state index contributed by atoms with van der Waals surface area (Å²) in [6.07, 6.45) is 5.68. The number of hydrogen-bond acceptors (Lipinski definition) is 1. The Labute approximate surface area is 82.9 Å². The van der Waals surface area contributed by atoms with Crippen LogP contribution in [-0.2, 0) is 0 Å². The Hall–Kier alpha value is -0.300. The van der Waals surface area contributed by atoms with E-state index in [9.17, 15) is 5.11 Å². The van der Waals surface area contributed by atoms with Crippen LogP contribution in [0.15, 0.2) is 12.2 Å². The van der Waals surface area contributed by atoms with Crippen LogP contribution in [0.25, 0.3) is 0 Å². The molecule has 0 aromatic heterocycles. The maximum absolute atomic E-state index is 9.65. The van der Waals surface area contributed by atoms with Crippen molar-refractivity contribution in [3.8, 4) is 0 Å². The molecule has 78 valence electrons. The van der Waals surface area contributed by atoms with E-state index in [2.05, 4.69) is 13.5 Å². The first-order valence-corrected chi connectivity index (χ1v) is 5.45. The first-order valence-electron chi connectivity index (χ1n) is 5.45. The van der Waals surface area contributed by atoms with E-state index in [1.165, 1.54) is 25.7 Å². The molecule has 1 N–H and O–H groups in total. The molecule has 13 heavy (non-hydrogen) atoms. The second kappa shape index (κ2) is 7.14. The molecule has 0 aliphatic heterocycles. The van der Waals surface area contributed by atoms with E-state index in [1.54, 1.807) is 0 Å². The summed E-state index contributed by atoms with van der Waals surface area (Å²) in [6, 6.07) is 0. The largest absolute Gasteiger partial charge is 0.389 e. The van der Waals surface area contributed by atoms with Crippen molar-refractivity contribution < 1.29 is 5.11 Å². The Morgan fingerprint density at radius 3 is 2.31 bits per heavy atom. The summed E-state index contributed by atoms with van der Waals surface area (Å²) in [5.74, 6) is 0.304. The second-order valence-electron chi connectivity index (χ2n) is 4.16. The van der Waals surface area contributed by atoms with Gasteiger partial charge in [0.05, 0.1) is 6.10 Å². The van der Waals surface area contributed by atoms with Gasteiger partial charge in [-0.1, -0.05) is 46.6 Å². The lowest BCUT2D eigenvalue weighted by Crippen LogP contribution is -2.16. The van der Waals surface area contributed by atoms with E-state index < -0.39 is 0 Å². The van der Waals surface area contributed by atoms with E-state index in [1.807, 2.05) is 13.8 Å². The summed E-state index contributed by atoms with van der Waals surface area (Å²) in [4.78, 5) is 0. The van der Waals surface area contributed by atoms with Gasteiger partial charge in [0, 0.05) is 0 Å². The lowest BCUT2D eigenvalue weighted by molar-refractivity contribution is 0.156. The van der Waals surface area contributed by atoms with Crippen LogP contribution < -0.4 is 0 Å². The third-order valence-corrected chi connectivity index (χ3v) is 2.40. The Morgan fingerprint density at radius 2 is 1.85 bits per heavy atom. The summed E-state index contributed by atoms with van der Waals surface area (Å²) >= 11 is 0. The van der Waals surface area contributed by atoms with Crippen LogP contribution in [-0.4, -0.2) is 11.2 Å². The zero-order chi connectivity index (χ0) is 10.3. The van der Waals surface area contributed by atoms with Crippen LogP contribution >= 0.6 is 0 Å². The van der Waals surface area contributed by atoms with Gasteiger partial charge in [0.2, 0.25) is 0 Å². The molecule has 0 fully saturated rings. The maximum Gasteiger partial charge on any atom is 0.0770 e. The van der Waals surface area contributed by atoms with Gasteiger partial charge in [0.25, 0.3) is 0 Å². The number of aliphatic hydroxyl groups excluding tert-OH is 1. The van der Waals surface area contributed by atoms with Gasteiger partial charge < -0.3 is 5.11 Å². The first-order chi connectivity index (χ1) is 6.09. The van der Waals surface area contributed by atoms with Gasteiger partial charge in [-0.15, -0.1) is 0 Å². The summed E-state index contributed by atoms with van der Waals surface area (Å²) < 4.78 is 0. The molecule has 1 atom stereocenters. The van der Waals surface area contributed by atoms with E-state index in [0.717, 1.165) is 12.0 Å². The van der Waals surface area contributed by atoms with Crippen molar-refractivity contribution in [2.24, 2.45) is 5.92 Å². The number of unbranched alkanes of at least 4 members (excludes halogenated alkanes) is 3. The molecule has 0 aromatic rings. The van der Waals surface area contributed by atoms with Crippen molar-refractivity contribution in [2.75, 3.05) is 0 Å². The smallest absolute Gasteiger partial charge is 0.0770 e. The average Bonchev–Trinajstić information content (AvgIpc) is 2.10. The highest BCUT2D eigenvalue weighted by molar-refractivity contribution is 5.02. The molecule has 1 nitrogen and oxygen atoms in total. The normalized spacial score (nSPS) is 13.3. The minimum absolute atomic E-state index is 0.304. The minimum atomic E-state index is -0.304. The minimum Gasteiger partial charge on any atom is -0.389 e. The van der Waals surface area contributed by atoms with E-state index in [0.29, 0.717) is 5.92 Å². The lowest BCUT2D eigenvalue weighted by Gasteiger charge is -2.17. The molecular weight excluding hydrogens is 160 g/mol. The highest BCUT2D eigenvalue weighted by atomic mass is 16.3. The van der Waals surface area contributed by atoms with Crippen molar-refractivity contribution in [1.82, 2.24) is 0 Å². The predicted molar refractivity (Wildman–Crippen MR) is 58.7 cm³/mol. The Balaban J connectivity index is 3.50. The zero-order valence-corrected chi connectivity index (χ0v) is 9.34. The highest BCUT2D eigenvalue weighted by Crippen LogP contribution is 2.16. The molecule has 0 aliphatic rings. The zero-order valence-electron chi connectivity index (χ0n) is 9.34. The fourth-order valence-corrected chi connectivity index (χ4v) is 1.40. The second-order valence-corrected chi connectivity index (χ2v) is 4.16. The topological polar surface area (TPSA) is 20.2 Å². The quantitative estimate of drug-likeness (QED) is 0.474. The van der Waals surface area contributed by atoms with E-state index in [-0.39, 0.29) is 6.10 Å². The Morgan fingerprint density at radius 1 is 1.23 bits per heavy atom. The average molecular weight is 184 g/mol. The van der Waals surface area contributed by atoms with Gasteiger partial charge in [-0.05, 0) is 24.3 Å². The number of rotatable bonds is 7. The summed E-state index contributed by atoms with van der Waals surface area (Å²) in [5.41, 5.74) is 1.01. The van der Waals surface area contributed by atoms with Crippen molar-refractivity contribution in [2.45, 2.75) is 59.0 Å². The first kappa shape index (κ1) is 12.7. The van der Waals surface area contributed by atoms with E-state index in [4.69, 9.17) is 0 Å². The Bertz CT molecular complexity index is 138. The molecule has 0 rings (SSSR count). The van der Waals surface area contributed by atoms with Gasteiger partial charge in [0.15, 0.2) is 0 Å². The van der Waals surface area contributed by atoms with Crippen molar-refractivity contribution in [3.63, 3.8) is 0 Å². The van der Waals surface area contributed by atoms with Crippen molar-refractivity contribution in [1.29, 1.82) is 0 Å². The van der Waals surface area contributed by atoms with Gasteiger partial charge in [-0.3, -0.25) is 0 Å². The molecule has 0 radical (unpaired) electrons. The fraction of sp³-hybridized carbons (Fsp3) is 0.833. The summed E-state index contributed by atoms with van der Waals surface area (Å²) in [6.45, 7) is 10.2. The molecular formula is C12H24O. The van der Waals surface area contributed by atoms with Crippen LogP contribution in [0.2, 0.25) is 0 Å². The number of hydrogen-bond donors (Lipinski definition) is 1. The van der Waals surface area contributed by atoms with Crippen LogP contribution in [0.3, 0.4) is 0 Å². The third-order valence-electron chi connectivity index (χ3n) is 2.40. The molecule has 0 aromatic carbocycles. The monoisotopic (exact) mass is 184 g/mol. The predicted octanol–water partition coefficient (Wildman–Crippen LogP) is 3.53. The van der Waals surface area contributed by atoms with Crippen LogP contribution in [0.5, 0.6) is 0 Å². The molecule has 0 amide bonds. The van der Waals surface area contributed by atoms with Gasteiger partial charge in [-0.25, -0.2) is 0 Å². The summed E-state index contributed by atoms with van der Waals surface area (Å²) in [5, 5.41) is 9.65. The maximum atomic E-state index is 9.65. The number of aliphatic hydroxyl groups is 1. The Kier molecular flexibility index (Phi) is 6.97. The fourth-order valence-electron chi connectivity index (χ4n) is 1.40. The molecule has 0 aliphatic carbocycles. The van der Waals surface area contributed by atoms with Crippen LogP contribution in [0, 0.1) is 5.92 Å². The van der Waals surface area contributed by atoms with Crippen LogP contribution in [0.4, 0.5) is 0 Å². The molecule has 1 heteroatoms. The molecule has 0 heterocycles. The van der Waals surface area contributed by atoms with Crippen molar-refractivity contribution >= 4 is 0 Å². The highest BCUT2D eigenvalue weighted by Gasteiger charge is 2.11. The van der Waals surface area contributed by atoms with Gasteiger partial charge in [0.1, 0.15) is 0 Å². The molecule has 0 saturated carbocycles. The summed E-state index contributed by atoms with van der Waals surface area (Å²) in [7, 11) is 0. The van der Waals surface area contributed by atoms with Gasteiger partial charge in [-0.2, -0.15) is 0 Å². The molecule has 0 saturated heterocycles. The van der Waals surface area contributed by atoms with Crippen molar-refractivity contribution in [3.05, 3.63) is 12.2 Å². The third kappa shape index (κ3) is 5.87. The SMILES string of the molecule is C=C(CCCCCC)C(O)C(C)C. The standard InChI is InChI=1S/C12H24O/c1-5-6-7-8-9-11(4)12(13)10(2)3/h10,12-13H,4-9H2,1-3H3. The molecule has 1 unspecified atom stereocenters.